The zero-order valence-corrected chi connectivity index (χ0v) is 33.8. The van der Waals surface area contributed by atoms with Crippen molar-refractivity contribution in [2.75, 3.05) is 25.0 Å². The Morgan fingerprint density at radius 1 is 0.947 bits per heavy atom. The van der Waals surface area contributed by atoms with Crippen molar-refractivity contribution in [3.8, 4) is 5.00 Å². The first-order valence-electron chi connectivity index (χ1n) is 19.4. The molecule has 0 saturated carbocycles. The number of fused-ring (bicyclic) bond motifs is 4. The quantitative estimate of drug-likeness (QED) is 0.0929. The van der Waals surface area contributed by atoms with Gasteiger partial charge in [0.05, 0.1) is 12.1 Å². The second-order valence-electron chi connectivity index (χ2n) is 14.7. The molecule has 0 radical (unpaired) electrons. The minimum atomic E-state index is -0.709. The molecule has 3 aliphatic heterocycles. The Bertz CT molecular complexity index is 2250. The maximum Gasteiger partial charge on any atom is 0.255 e. The second-order valence-corrected chi connectivity index (χ2v) is 16.3. The molecule has 0 aliphatic carbocycles. The minimum Gasteiger partial charge on any atom is -0.356 e. The number of aromatic nitrogens is 3. The summed E-state index contributed by atoms with van der Waals surface area (Å²) in [6, 6.07) is 11.6. The lowest BCUT2D eigenvalue weighted by atomic mass is 9.99. The Morgan fingerprint density at radius 2 is 1.74 bits per heavy atom. The molecule has 4 N–H and O–H groups in total. The van der Waals surface area contributed by atoms with Gasteiger partial charge in [-0.3, -0.25) is 38.8 Å². The fourth-order valence-corrected chi connectivity index (χ4v) is 8.91. The summed E-state index contributed by atoms with van der Waals surface area (Å²) in [5.74, 6) is 0.0725. The second kappa shape index (κ2) is 17.5. The number of nitrogens with zero attached hydrogens (tertiary/aromatic N) is 5. The van der Waals surface area contributed by atoms with E-state index >= 15 is 0 Å². The van der Waals surface area contributed by atoms with E-state index in [4.69, 9.17) is 16.6 Å². The van der Waals surface area contributed by atoms with Crippen LogP contribution in [-0.4, -0.2) is 80.6 Å². The third kappa shape index (κ3) is 8.70. The molecular weight excluding hydrogens is 766 g/mol. The number of benzene rings is 2. The van der Waals surface area contributed by atoms with E-state index in [2.05, 4.69) is 45.3 Å². The van der Waals surface area contributed by atoms with Crippen molar-refractivity contribution in [2.24, 2.45) is 4.99 Å². The monoisotopic (exact) mass is 811 g/mol. The highest BCUT2D eigenvalue weighted by atomic mass is 35.5. The van der Waals surface area contributed by atoms with Gasteiger partial charge in [0.25, 0.3) is 5.91 Å². The summed E-state index contributed by atoms with van der Waals surface area (Å²) in [5.41, 5.74) is 5.62. The zero-order valence-electron chi connectivity index (χ0n) is 32.2. The van der Waals surface area contributed by atoms with Crippen LogP contribution in [0, 0.1) is 20.8 Å². The first-order valence-corrected chi connectivity index (χ1v) is 20.6. The molecule has 1 unspecified atom stereocenters. The summed E-state index contributed by atoms with van der Waals surface area (Å²) in [6.45, 7) is 8.37. The van der Waals surface area contributed by atoms with Crippen LogP contribution in [0.15, 0.2) is 47.5 Å². The molecule has 3 aliphatic rings. The largest absolute Gasteiger partial charge is 0.356 e. The average molecular weight is 812 g/mol. The highest BCUT2D eigenvalue weighted by Gasteiger charge is 2.40. The lowest BCUT2D eigenvalue weighted by Crippen LogP contribution is -2.52. The van der Waals surface area contributed by atoms with E-state index in [9.17, 15) is 24.0 Å². The van der Waals surface area contributed by atoms with Crippen LogP contribution in [0.4, 0.5) is 5.69 Å². The van der Waals surface area contributed by atoms with Gasteiger partial charge in [0.2, 0.25) is 23.6 Å². The van der Waals surface area contributed by atoms with Crippen LogP contribution in [0.3, 0.4) is 0 Å². The molecule has 1 saturated heterocycles. The van der Waals surface area contributed by atoms with Crippen molar-refractivity contribution in [3.05, 3.63) is 91.8 Å². The zero-order chi connectivity index (χ0) is 40.2. The third-order valence-electron chi connectivity index (χ3n) is 10.7. The minimum absolute atomic E-state index is 0.110. The molecule has 2 aromatic heterocycles. The van der Waals surface area contributed by atoms with Gasteiger partial charge in [-0.2, -0.15) is 0 Å². The first kappa shape index (κ1) is 40.0. The van der Waals surface area contributed by atoms with Gasteiger partial charge in [0, 0.05) is 63.8 Å². The molecule has 5 heterocycles. The number of unbranched alkanes of at least 4 members (excludes halogenated alkanes) is 2. The Kier molecular flexibility index (Phi) is 12.3. The number of nitrogens with one attached hydrogen (secondary N) is 4. The number of anilines is 1. The van der Waals surface area contributed by atoms with E-state index in [1.807, 2.05) is 35.8 Å². The fraction of sp³-hybridized carbons (Fsp3) is 0.415. The predicted octanol–water partition coefficient (Wildman–Crippen LogP) is 5.25. The number of rotatable bonds is 15. The van der Waals surface area contributed by atoms with Gasteiger partial charge in [-0.05, 0) is 89.4 Å². The van der Waals surface area contributed by atoms with Crippen molar-refractivity contribution >= 4 is 63.9 Å². The number of hydrogen-bond acceptors (Lipinski definition) is 10. The number of piperidine rings is 1. The van der Waals surface area contributed by atoms with E-state index in [1.54, 1.807) is 29.5 Å². The summed E-state index contributed by atoms with van der Waals surface area (Å²) in [4.78, 5) is 71.0. The van der Waals surface area contributed by atoms with Gasteiger partial charge in [0.1, 0.15) is 22.9 Å². The standard InChI is InChI=1S/C41H46ClN9O5S/c1-23-24(2)57-41-36(23)37(26-12-14-27(42)15-13-26)46-31(38-49-48-25(3)51(38)41)21-35(54)44-20-8-19-43-18-6-4-5-11-33(52)45-30-10-7-9-28-29(30)22-50(40(28)56)32-16-17-34(53)47-39(32)55/h7,9-10,12-15,31-32,43H,4-6,8,11,16-22H2,1-3H3,(H,44,54)(H,45,52)(H,47,53,55)/t31-,32?/m0/s1. The molecule has 16 heteroatoms. The maximum atomic E-state index is 13.3. The third-order valence-corrected chi connectivity index (χ3v) is 12.1. The molecule has 2 atom stereocenters. The normalized spacial score (nSPS) is 17.4. The lowest BCUT2D eigenvalue weighted by Gasteiger charge is -2.29. The highest BCUT2D eigenvalue weighted by Crippen LogP contribution is 2.40. The van der Waals surface area contributed by atoms with Crippen LogP contribution in [0.25, 0.3) is 5.00 Å². The molecule has 1 fully saturated rings. The van der Waals surface area contributed by atoms with Gasteiger partial charge in [-0.1, -0.05) is 36.2 Å². The number of hydrogen-bond donors (Lipinski definition) is 4. The van der Waals surface area contributed by atoms with Crippen LogP contribution in [0.2, 0.25) is 5.02 Å². The van der Waals surface area contributed by atoms with E-state index in [0.717, 1.165) is 65.6 Å². The predicted molar refractivity (Wildman–Crippen MR) is 218 cm³/mol. The molecule has 298 valence electrons. The summed E-state index contributed by atoms with van der Waals surface area (Å²) >= 11 is 7.90. The Hall–Kier alpha value is -5.25. The molecule has 14 nitrogen and oxygen atoms in total. The van der Waals surface area contributed by atoms with Crippen LogP contribution in [0.1, 0.15) is 107 Å². The molecule has 0 bridgehead atoms. The van der Waals surface area contributed by atoms with Gasteiger partial charge in [0.15, 0.2) is 5.82 Å². The summed E-state index contributed by atoms with van der Waals surface area (Å²) in [5, 5.41) is 22.2. The summed E-state index contributed by atoms with van der Waals surface area (Å²) in [6.07, 6.45) is 4.17. The van der Waals surface area contributed by atoms with Crippen LogP contribution in [0.5, 0.6) is 0 Å². The number of imide groups is 1. The number of thiophene rings is 1. The average Bonchev–Trinajstić information content (AvgIpc) is 3.80. The number of aliphatic imine (C=N–C) groups is 1. The molecular formula is C41H46ClN9O5S. The van der Waals surface area contributed by atoms with Crippen molar-refractivity contribution < 1.29 is 24.0 Å². The molecule has 4 aromatic rings. The van der Waals surface area contributed by atoms with E-state index in [0.29, 0.717) is 47.0 Å². The highest BCUT2D eigenvalue weighted by molar-refractivity contribution is 7.15. The van der Waals surface area contributed by atoms with E-state index < -0.39 is 18.0 Å². The maximum absolute atomic E-state index is 13.3. The van der Waals surface area contributed by atoms with Crippen LogP contribution < -0.4 is 21.3 Å². The van der Waals surface area contributed by atoms with Crippen LogP contribution >= 0.6 is 22.9 Å². The smallest absolute Gasteiger partial charge is 0.255 e. The van der Waals surface area contributed by atoms with Gasteiger partial charge < -0.3 is 20.9 Å². The number of amides is 5. The number of aryl methyl sites for hydroxylation is 2. The first-order chi connectivity index (χ1) is 27.5. The van der Waals surface area contributed by atoms with Crippen molar-refractivity contribution in [2.45, 2.75) is 90.8 Å². The van der Waals surface area contributed by atoms with Crippen molar-refractivity contribution in [1.82, 2.24) is 35.6 Å². The molecule has 2 aromatic carbocycles. The van der Waals surface area contributed by atoms with Crippen LogP contribution in [-0.2, 0) is 25.7 Å². The van der Waals surface area contributed by atoms with Gasteiger partial charge in [-0.25, -0.2) is 0 Å². The van der Waals surface area contributed by atoms with Crippen molar-refractivity contribution in [3.63, 3.8) is 0 Å². The Balaban J connectivity index is 0.823. The SMILES string of the molecule is Cc1sc2c(c1C)C(c1ccc(Cl)cc1)=N[C@@H](CC(=O)NCCCNCCCCCC(=O)Nc1cccc3c1CN(C1CCC(=O)NC1=O)C3=O)c1nnc(C)n1-2. The topological polar surface area (TPSA) is 180 Å². The number of halogens is 1. The molecule has 0 spiro atoms. The number of carbonyl (C=O) groups excluding carboxylic acids is 5. The Morgan fingerprint density at radius 3 is 2.53 bits per heavy atom. The fourth-order valence-electron chi connectivity index (χ4n) is 7.57. The molecule has 5 amide bonds. The molecule has 7 rings (SSSR count). The Labute approximate surface area is 339 Å². The van der Waals surface area contributed by atoms with E-state index in [1.165, 1.54) is 9.78 Å². The molecule has 57 heavy (non-hydrogen) atoms. The summed E-state index contributed by atoms with van der Waals surface area (Å²) in [7, 11) is 0. The van der Waals surface area contributed by atoms with Gasteiger partial charge >= 0.3 is 0 Å². The summed E-state index contributed by atoms with van der Waals surface area (Å²) < 4.78 is 2.04. The number of carbonyl (C=O) groups is 5. The van der Waals surface area contributed by atoms with Crippen molar-refractivity contribution in [1.29, 1.82) is 0 Å². The van der Waals surface area contributed by atoms with E-state index in [-0.39, 0.29) is 49.4 Å². The van der Waals surface area contributed by atoms with Gasteiger partial charge in [-0.15, -0.1) is 21.5 Å². The lowest BCUT2D eigenvalue weighted by molar-refractivity contribution is -0.137.